The van der Waals surface area contributed by atoms with Gasteiger partial charge in [-0.1, -0.05) is 35.3 Å². The first-order valence-electron chi connectivity index (χ1n) is 8.67. The first-order chi connectivity index (χ1) is 13.1. The van der Waals surface area contributed by atoms with Crippen LogP contribution in [-0.2, 0) is 9.47 Å². The van der Waals surface area contributed by atoms with Crippen molar-refractivity contribution in [3.05, 3.63) is 63.6 Å². The fourth-order valence-corrected chi connectivity index (χ4v) is 3.34. The minimum atomic E-state index is -0.399. The summed E-state index contributed by atoms with van der Waals surface area (Å²) in [5.41, 5.74) is 1.48. The van der Waals surface area contributed by atoms with Crippen molar-refractivity contribution in [3.63, 3.8) is 0 Å². The Labute approximate surface area is 168 Å². The molecule has 2 aromatic carbocycles. The van der Waals surface area contributed by atoms with E-state index in [-0.39, 0.29) is 12.0 Å². The van der Waals surface area contributed by atoms with Crippen LogP contribution in [0.2, 0.25) is 10.0 Å². The molecular formula is C20H21Cl2NO4. The van der Waals surface area contributed by atoms with Crippen LogP contribution in [0.5, 0.6) is 5.75 Å². The molecule has 2 atom stereocenters. The van der Waals surface area contributed by atoms with E-state index in [4.69, 9.17) is 37.4 Å². The molecule has 0 bridgehead atoms. The maximum absolute atomic E-state index is 11.7. The number of halogens is 2. The van der Waals surface area contributed by atoms with E-state index in [0.717, 1.165) is 18.7 Å². The second-order valence-corrected chi connectivity index (χ2v) is 7.04. The van der Waals surface area contributed by atoms with Gasteiger partial charge in [0.2, 0.25) is 0 Å². The number of carbonyl (C=O) groups excluding carboxylic acids is 1. The standard InChI is InChI=1S/C20H21Cl2NO4/c1-25-20(24)14-3-2-4-15(9-14)27-12-19-16(11-23-7-8-26-19)13-5-6-17(21)18(22)10-13/h2-6,9-10,16,19,23H,7-8,11-12H2,1H3. The van der Waals surface area contributed by atoms with Crippen LogP contribution < -0.4 is 10.1 Å². The molecule has 0 radical (unpaired) electrons. The lowest BCUT2D eigenvalue weighted by Gasteiger charge is -2.25. The number of benzene rings is 2. The highest BCUT2D eigenvalue weighted by Gasteiger charge is 2.27. The normalized spacial score (nSPS) is 20.0. The molecule has 7 heteroatoms. The number of esters is 1. The van der Waals surface area contributed by atoms with Gasteiger partial charge in [0, 0.05) is 19.0 Å². The summed E-state index contributed by atoms with van der Waals surface area (Å²) in [6.07, 6.45) is -0.168. The average Bonchev–Trinajstić information content (AvgIpc) is 2.93. The molecule has 3 rings (SSSR count). The third kappa shape index (κ3) is 5.14. The lowest BCUT2D eigenvalue weighted by Crippen LogP contribution is -2.31. The Balaban J connectivity index is 1.74. The zero-order valence-electron chi connectivity index (χ0n) is 14.9. The van der Waals surface area contributed by atoms with Crippen molar-refractivity contribution in [2.24, 2.45) is 0 Å². The highest BCUT2D eigenvalue weighted by Crippen LogP contribution is 2.30. The summed E-state index contributed by atoms with van der Waals surface area (Å²) in [4.78, 5) is 11.7. The maximum atomic E-state index is 11.7. The Bertz CT molecular complexity index is 799. The van der Waals surface area contributed by atoms with E-state index in [2.05, 4.69) is 5.32 Å². The Morgan fingerprint density at radius 1 is 1.22 bits per heavy atom. The van der Waals surface area contributed by atoms with Crippen LogP contribution in [0.1, 0.15) is 21.8 Å². The molecule has 1 N–H and O–H groups in total. The fraction of sp³-hybridized carbons (Fsp3) is 0.350. The zero-order valence-corrected chi connectivity index (χ0v) is 16.4. The number of hydrogen-bond donors (Lipinski definition) is 1. The van der Waals surface area contributed by atoms with Crippen molar-refractivity contribution in [1.29, 1.82) is 0 Å². The molecule has 5 nitrogen and oxygen atoms in total. The molecule has 2 unspecified atom stereocenters. The van der Waals surface area contributed by atoms with Crippen molar-refractivity contribution < 1.29 is 19.0 Å². The highest BCUT2D eigenvalue weighted by molar-refractivity contribution is 6.42. The number of rotatable bonds is 5. The summed E-state index contributed by atoms with van der Waals surface area (Å²) in [5, 5.41) is 4.41. The van der Waals surface area contributed by atoms with E-state index in [1.54, 1.807) is 30.3 Å². The van der Waals surface area contributed by atoms with E-state index in [0.29, 0.717) is 34.6 Å². The summed E-state index contributed by atoms with van der Waals surface area (Å²) >= 11 is 12.2. The first kappa shape index (κ1) is 20.0. The molecule has 2 aromatic rings. The minimum absolute atomic E-state index is 0.0612. The smallest absolute Gasteiger partial charge is 0.337 e. The molecule has 1 aliphatic rings. The van der Waals surface area contributed by atoms with Gasteiger partial charge >= 0.3 is 5.97 Å². The van der Waals surface area contributed by atoms with Gasteiger partial charge in [-0.3, -0.25) is 0 Å². The quantitative estimate of drug-likeness (QED) is 0.758. The summed E-state index contributed by atoms with van der Waals surface area (Å²) in [7, 11) is 1.35. The fourth-order valence-electron chi connectivity index (χ4n) is 3.04. The molecule has 27 heavy (non-hydrogen) atoms. The second-order valence-electron chi connectivity index (χ2n) is 6.22. The molecule has 1 saturated heterocycles. The van der Waals surface area contributed by atoms with E-state index in [1.807, 2.05) is 12.1 Å². The van der Waals surface area contributed by atoms with Crippen molar-refractivity contribution in [1.82, 2.24) is 5.32 Å². The number of methoxy groups -OCH3 is 1. The van der Waals surface area contributed by atoms with Gasteiger partial charge in [0.05, 0.1) is 35.4 Å². The number of hydrogen-bond acceptors (Lipinski definition) is 5. The average molecular weight is 410 g/mol. The van der Waals surface area contributed by atoms with E-state index < -0.39 is 5.97 Å². The number of nitrogens with one attached hydrogen (secondary N) is 1. The Kier molecular flexibility index (Phi) is 6.96. The van der Waals surface area contributed by atoms with Gasteiger partial charge < -0.3 is 19.5 Å². The zero-order chi connectivity index (χ0) is 19.2. The van der Waals surface area contributed by atoms with Crippen LogP contribution in [0, 0.1) is 0 Å². The largest absolute Gasteiger partial charge is 0.491 e. The molecule has 1 aliphatic heterocycles. The topological polar surface area (TPSA) is 56.8 Å². The van der Waals surface area contributed by atoms with Crippen LogP contribution in [0.4, 0.5) is 0 Å². The summed E-state index contributed by atoms with van der Waals surface area (Å²) in [6, 6.07) is 12.5. The predicted octanol–water partition coefficient (Wildman–Crippen LogP) is 3.93. The summed E-state index contributed by atoms with van der Waals surface area (Å²) in [6.45, 7) is 2.45. The first-order valence-corrected chi connectivity index (χ1v) is 9.42. The molecular weight excluding hydrogens is 389 g/mol. The predicted molar refractivity (Wildman–Crippen MR) is 105 cm³/mol. The Morgan fingerprint density at radius 3 is 2.85 bits per heavy atom. The molecule has 0 aromatic heterocycles. The van der Waals surface area contributed by atoms with E-state index in [9.17, 15) is 4.79 Å². The SMILES string of the molecule is COC(=O)c1cccc(OCC2OCCNCC2c2ccc(Cl)c(Cl)c2)c1. The van der Waals surface area contributed by atoms with Crippen LogP contribution >= 0.6 is 23.2 Å². The van der Waals surface area contributed by atoms with Crippen LogP contribution in [0.25, 0.3) is 0 Å². The van der Waals surface area contributed by atoms with Gasteiger partial charge in [-0.2, -0.15) is 0 Å². The molecule has 1 fully saturated rings. The Morgan fingerprint density at radius 2 is 2.07 bits per heavy atom. The van der Waals surface area contributed by atoms with Crippen molar-refractivity contribution in [2.75, 3.05) is 33.4 Å². The number of ether oxygens (including phenoxy) is 3. The van der Waals surface area contributed by atoms with Crippen molar-refractivity contribution in [2.45, 2.75) is 12.0 Å². The molecule has 0 aliphatic carbocycles. The Hall–Kier alpha value is -1.79. The molecule has 1 heterocycles. The maximum Gasteiger partial charge on any atom is 0.337 e. The third-order valence-electron chi connectivity index (χ3n) is 4.47. The van der Waals surface area contributed by atoms with Gasteiger partial charge in [0.15, 0.2) is 0 Å². The molecule has 0 spiro atoms. The highest BCUT2D eigenvalue weighted by atomic mass is 35.5. The van der Waals surface area contributed by atoms with Crippen LogP contribution in [-0.4, -0.2) is 45.5 Å². The minimum Gasteiger partial charge on any atom is -0.491 e. The van der Waals surface area contributed by atoms with E-state index in [1.165, 1.54) is 7.11 Å². The van der Waals surface area contributed by atoms with Crippen molar-refractivity contribution in [3.8, 4) is 5.75 Å². The molecule has 0 saturated carbocycles. The summed E-state index contributed by atoms with van der Waals surface area (Å²) in [5.74, 6) is 0.252. The monoisotopic (exact) mass is 409 g/mol. The third-order valence-corrected chi connectivity index (χ3v) is 5.20. The van der Waals surface area contributed by atoms with Gasteiger partial charge in [0.25, 0.3) is 0 Å². The summed E-state index contributed by atoms with van der Waals surface area (Å²) < 4.78 is 16.7. The van der Waals surface area contributed by atoms with E-state index >= 15 is 0 Å². The van der Waals surface area contributed by atoms with Gasteiger partial charge in [-0.25, -0.2) is 4.79 Å². The van der Waals surface area contributed by atoms with Gasteiger partial charge in [-0.05, 0) is 35.9 Å². The lowest BCUT2D eigenvalue weighted by molar-refractivity contribution is 0.0181. The molecule has 144 valence electrons. The second kappa shape index (κ2) is 9.42. The van der Waals surface area contributed by atoms with Gasteiger partial charge in [-0.15, -0.1) is 0 Å². The van der Waals surface area contributed by atoms with Crippen molar-refractivity contribution >= 4 is 29.2 Å². The molecule has 0 amide bonds. The van der Waals surface area contributed by atoms with Crippen LogP contribution in [0.15, 0.2) is 42.5 Å². The van der Waals surface area contributed by atoms with Crippen LogP contribution in [0.3, 0.4) is 0 Å². The number of carbonyl (C=O) groups is 1. The lowest BCUT2D eigenvalue weighted by atomic mass is 9.93. The van der Waals surface area contributed by atoms with Gasteiger partial charge in [0.1, 0.15) is 12.4 Å².